The molecule has 2 heterocycles. The molecule has 1 N–H and O–H groups in total. The van der Waals surface area contributed by atoms with Crippen LogP contribution in [0.3, 0.4) is 0 Å². The third-order valence-corrected chi connectivity index (χ3v) is 5.21. The fraction of sp³-hybridized carbons (Fsp3) is 0.400. The molecule has 0 spiro atoms. The van der Waals surface area contributed by atoms with E-state index in [1.807, 2.05) is 18.9 Å². The number of amides is 2. The van der Waals surface area contributed by atoms with E-state index < -0.39 is 17.3 Å². The van der Waals surface area contributed by atoms with Crippen molar-refractivity contribution < 1.29 is 19.6 Å². The summed E-state index contributed by atoms with van der Waals surface area (Å²) < 4.78 is 0.417. The van der Waals surface area contributed by atoms with Crippen LogP contribution in [0.1, 0.15) is 12.5 Å². The third kappa shape index (κ3) is 3.18. The maximum Gasteiger partial charge on any atom is 0.328 e. The summed E-state index contributed by atoms with van der Waals surface area (Å²) in [6.07, 6.45) is -0.482. The number of carbonyl (C=O) groups is 2. The van der Waals surface area contributed by atoms with Crippen molar-refractivity contribution in [3.63, 3.8) is 0 Å². The number of nitrogens with zero attached hydrogens (tertiary/aromatic N) is 5. The summed E-state index contributed by atoms with van der Waals surface area (Å²) >= 11 is 1.10. The minimum Gasteiger partial charge on any atom is -0.481 e. The van der Waals surface area contributed by atoms with Crippen LogP contribution in [-0.4, -0.2) is 63.7 Å². The minimum atomic E-state index is -1.17. The molecule has 0 saturated carbocycles. The summed E-state index contributed by atoms with van der Waals surface area (Å²) in [6.45, 7) is 3.26. The van der Waals surface area contributed by atoms with Gasteiger partial charge in [-0.1, -0.05) is 11.3 Å². The average molecular weight is 379 g/mol. The highest BCUT2D eigenvalue weighted by molar-refractivity contribution is 7.22. The second-order valence-electron chi connectivity index (χ2n) is 5.94. The van der Waals surface area contributed by atoms with Crippen LogP contribution < -0.4 is 4.90 Å². The van der Waals surface area contributed by atoms with Crippen molar-refractivity contribution in [2.75, 3.05) is 31.8 Å². The Morgan fingerprint density at radius 2 is 2.15 bits per heavy atom. The van der Waals surface area contributed by atoms with Crippen molar-refractivity contribution in [2.45, 2.75) is 13.3 Å². The van der Waals surface area contributed by atoms with E-state index in [9.17, 15) is 19.7 Å². The molecule has 1 aliphatic rings. The van der Waals surface area contributed by atoms with Crippen LogP contribution in [0, 0.1) is 10.1 Å². The van der Waals surface area contributed by atoms with Crippen LogP contribution >= 0.6 is 11.3 Å². The standard InChI is InChI=1S/C15H17N5O5S/c1-3-18-7-17(2)8-19(15(18)23)14-16-10-4-5-11(20(24)25)9(6-12(21)22)13(10)26-14/h4-5H,3,6-8H2,1-2H3,(H,21,22). The van der Waals surface area contributed by atoms with E-state index in [1.165, 1.54) is 17.0 Å². The topological polar surface area (TPSA) is 120 Å². The first-order valence-corrected chi connectivity index (χ1v) is 8.67. The van der Waals surface area contributed by atoms with Gasteiger partial charge in [-0.05, 0) is 20.0 Å². The quantitative estimate of drug-likeness (QED) is 0.622. The smallest absolute Gasteiger partial charge is 0.328 e. The monoisotopic (exact) mass is 379 g/mol. The highest BCUT2D eigenvalue weighted by Gasteiger charge is 2.31. The second-order valence-corrected chi connectivity index (χ2v) is 6.92. The van der Waals surface area contributed by atoms with Crippen molar-refractivity contribution in [1.82, 2.24) is 14.8 Å². The molecule has 1 saturated heterocycles. The lowest BCUT2D eigenvalue weighted by Crippen LogP contribution is -2.56. The molecule has 0 atom stereocenters. The number of fused-ring (bicyclic) bond motifs is 1. The molecule has 138 valence electrons. The Bertz CT molecular complexity index is 898. The molecule has 2 aromatic rings. The number of urea groups is 1. The summed E-state index contributed by atoms with van der Waals surface area (Å²) in [5, 5.41) is 20.8. The van der Waals surface area contributed by atoms with Gasteiger partial charge in [-0.3, -0.25) is 24.7 Å². The van der Waals surface area contributed by atoms with E-state index in [2.05, 4.69) is 4.98 Å². The second kappa shape index (κ2) is 6.84. The molecule has 1 fully saturated rings. The van der Waals surface area contributed by atoms with Gasteiger partial charge in [0, 0.05) is 12.6 Å². The summed E-state index contributed by atoms with van der Waals surface area (Å²) in [7, 11) is 1.87. The van der Waals surface area contributed by atoms with Gasteiger partial charge in [0.25, 0.3) is 5.69 Å². The molecule has 1 aliphatic heterocycles. The van der Waals surface area contributed by atoms with Gasteiger partial charge in [0.2, 0.25) is 0 Å². The molecular formula is C15H17N5O5S. The molecule has 1 aromatic heterocycles. The van der Waals surface area contributed by atoms with E-state index in [4.69, 9.17) is 5.11 Å². The zero-order valence-corrected chi connectivity index (χ0v) is 15.0. The number of nitro groups is 1. The maximum absolute atomic E-state index is 12.6. The molecule has 3 rings (SSSR count). The predicted molar refractivity (Wildman–Crippen MR) is 95.4 cm³/mol. The Hall–Kier alpha value is -2.79. The number of rotatable bonds is 5. The van der Waals surface area contributed by atoms with Crippen LogP contribution in [0.4, 0.5) is 15.6 Å². The normalized spacial score (nSPS) is 15.7. The van der Waals surface area contributed by atoms with Crippen molar-refractivity contribution in [2.24, 2.45) is 0 Å². The Labute approximate surface area is 152 Å². The largest absolute Gasteiger partial charge is 0.481 e. The number of nitro benzene ring substituents is 1. The van der Waals surface area contributed by atoms with E-state index >= 15 is 0 Å². The zero-order chi connectivity index (χ0) is 19.0. The van der Waals surface area contributed by atoms with Crippen molar-refractivity contribution in [3.8, 4) is 0 Å². The fourth-order valence-electron chi connectivity index (χ4n) is 2.88. The summed E-state index contributed by atoms with van der Waals surface area (Å²) in [6, 6.07) is 2.54. The highest BCUT2D eigenvalue weighted by atomic mass is 32.1. The Kier molecular flexibility index (Phi) is 4.74. The molecule has 0 radical (unpaired) electrons. The number of aromatic nitrogens is 1. The van der Waals surface area contributed by atoms with Gasteiger partial charge in [-0.25, -0.2) is 9.78 Å². The minimum absolute atomic E-state index is 0.105. The number of hydrogen-bond acceptors (Lipinski definition) is 7. The van der Waals surface area contributed by atoms with Crippen molar-refractivity contribution >= 4 is 44.4 Å². The summed E-state index contributed by atoms with van der Waals surface area (Å²) in [4.78, 5) is 43.9. The van der Waals surface area contributed by atoms with Crippen LogP contribution in [0.2, 0.25) is 0 Å². The lowest BCUT2D eigenvalue weighted by atomic mass is 10.1. The lowest BCUT2D eigenvalue weighted by molar-refractivity contribution is -0.385. The number of benzene rings is 1. The first-order chi connectivity index (χ1) is 12.3. The number of hydrogen-bond donors (Lipinski definition) is 1. The van der Waals surface area contributed by atoms with Crippen molar-refractivity contribution in [1.29, 1.82) is 0 Å². The maximum atomic E-state index is 12.6. The lowest BCUT2D eigenvalue weighted by Gasteiger charge is -2.38. The SMILES string of the molecule is CCN1CN(C)CN(c2nc3ccc([N+](=O)[O-])c(CC(=O)O)c3s2)C1=O. The van der Waals surface area contributed by atoms with E-state index in [0.717, 1.165) is 11.3 Å². The van der Waals surface area contributed by atoms with Gasteiger partial charge in [0.05, 0.1) is 40.5 Å². The van der Waals surface area contributed by atoms with E-state index in [1.54, 1.807) is 4.90 Å². The number of anilines is 1. The molecule has 1 aromatic carbocycles. The van der Waals surface area contributed by atoms with E-state index in [-0.39, 0.29) is 17.3 Å². The molecule has 2 amide bonds. The highest BCUT2D eigenvalue weighted by Crippen LogP contribution is 2.37. The molecular weight excluding hydrogens is 362 g/mol. The van der Waals surface area contributed by atoms with Gasteiger partial charge in [0.1, 0.15) is 0 Å². The molecule has 0 unspecified atom stereocenters. The van der Waals surface area contributed by atoms with Gasteiger partial charge in [-0.2, -0.15) is 0 Å². The van der Waals surface area contributed by atoms with Gasteiger partial charge < -0.3 is 10.0 Å². The third-order valence-electron chi connectivity index (χ3n) is 4.06. The first kappa shape index (κ1) is 18.0. The number of aliphatic carboxylic acids is 1. The van der Waals surface area contributed by atoms with Gasteiger partial charge in [0.15, 0.2) is 5.13 Å². The fourth-order valence-corrected chi connectivity index (χ4v) is 3.97. The molecule has 10 nitrogen and oxygen atoms in total. The average Bonchev–Trinajstić information content (AvgIpc) is 3.00. The van der Waals surface area contributed by atoms with Gasteiger partial charge in [-0.15, -0.1) is 0 Å². The number of carboxylic acids is 1. The Morgan fingerprint density at radius 3 is 2.77 bits per heavy atom. The Balaban J connectivity index is 2.10. The van der Waals surface area contributed by atoms with Crippen molar-refractivity contribution in [3.05, 3.63) is 27.8 Å². The molecule has 0 aliphatic carbocycles. The van der Waals surface area contributed by atoms with Crippen LogP contribution in [0.15, 0.2) is 12.1 Å². The number of thiazole rings is 1. The number of carbonyl (C=O) groups excluding carboxylic acids is 1. The zero-order valence-electron chi connectivity index (χ0n) is 14.2. The first-order valence-electron chi connectivity index (χ1n) is 7.85. The Morgan fingerprint density at radius 1 is 1.42 bits per heavy atom. The number of carboxylic acid groups (broad SMARTS) is 1. The molecule has 11 heteroatoms. The predicted octanol–water partition coefficient (Wildman–Crippen LogP) is 1.94. The summed E-state index contributed by atoms with van der Waals surface area (Å²) in [5.74, 6) is -1.17. The van der Waals surface area contributed by atoms with Crippen LogP contribution in [-0.2, 0) is 11.2 Å². The molecule has 0 bridgehead atoms. The van der Waals surface area contributed by atoms with E-state index in [0.29, 0.717) is 35.2 Å². The summed E-state index contributed by atoms with van der Waals surface area (Å²) in [5.41, 5.74) is 0.289. The van der Waals surface area contributed by atoms with Gasteiger partial charge >= 0.3 is 12.0 Å². The molecule has 26 heavy (non-hydrogen) atoms. The van der Waals surface area contributed by atoms with Crippen LogP contribution in [0.25, 0.3) is 10.2 Å². The van der Waals surface area contributed by atoms with Crippen LogP contribution in [0.5, 0.6) is 0 Å².